The Hall–Kier alpha value is -4.91. The zero-order valence-electron chi connectivity index (χ0n) is 22.3. The number of amides is 2. The topological polar surface area (TPSA) is 139 Å². The van der Waals surface area contributed by atoms with Crippen LogP contribution in [0.4, 0.5) is 24.7 Å². The number of aliphatic hydroxyl groups is 1. The van der Waals surface area contributed by atoms with Gasteiger partial charge in [0, 0.05) is 29.4 Å². The second-order valence-electron chi connectivity index (χ2n) is 9.66. The molecule has 0 saturated heterocycles. The minimum Gasteiger partial charge on any atom is -0.475 e. The van der Waals surface area contributed by atoms with Crippen LogP contribution in [0.5, 0.6) is 5.88 Å². The third-order valence-electron chi connectivity index (χ3n) is 6.42. The predicted octanol–water partition coefficient (Wildman–Crippen LogP) is 4.90. The number of aryl methyl sites for hydroxylation is 1. The summed E-state index contributed by atoms with van der Waals surface area (Å²) in [4.78, 5) is 33.7. The Balaban J connectivity index is 1.46. The summed E-state index contributed by atoms with van der Waals surface area (Å²) in [5, 5.41) is 21.5. The standard InChI is InChI=1S/C29H25F3N6O4/c1-16-2-5-21(35-28(41)24-13-20(15-34-38-24)29(30,31)32)14-22(16)19-10-23(36-26(12-19)42-9-8-39)18-6-7-33-25(11-18)37-27(40)17-3-4-17/h2,5-7,10-15,17,39H,3-4,8-9H2,1H3,(H,35,41)(H,33,37,40). The van der Waals surface area contributed by atoms with Crippen LogP contribution in [-0.4, -0.2) is 50.3 Å². The molecule has 4 aromatic rings. The Morgan fingerprint density at radius 3 is 2.60 bits per heavy atom. The second-order valence-corrected chi connectivity index (χ2v) is 9.66. The number of carbonyl (C=O) groups excluding carboxylic acids is 2. The number of alkyl halides is 3. The molecule has 1 aliphatic carbocycles. The quantitative estimate of drug-likeness (QED) is 0.255. The van der Waals surface area contributed by atoms with E-state index >= 15 is 0 Å². The Morgan fingerprint density at radius 1 is 1.05 bits per heavy atom. The average molecular weight is 579 g/mol. The Labute approximate surface area is 238 Å². The molecule has 0 unspecified atom stereocenters. The van der Waals surface area contributed by atoms with E-state index in [9.17, 15) is 27.9 Å². The fourth-order valence-electron chi connectivity index (χ4n) is 4.10. The van der Waals surface area contributed by atoms with E-state index in [0.717, 1.165) is 18.4 Å². The normalized spacial score (nSPS) is 13.0. The van der Waals surface area contributed by atoms with Gasteiger partial charge in [-0.1, -0.05) is 6.07 Å². The van der Waals surface area contributed by atoms with E-state index in [1.165, 1.54) is 0 Å². The molecular formula is C29H25F3N6O4. The summed E-state index contributed by atoms with van der Waals surface area (Å²) in [6.07, 6.45) is -0.863. The van der Waals surface area contributed by atoms with E-state index in [2.05, 4.69) is 30.8 Å². The maximum atomic E-state index is 13.1. The van der Waals surface area contributed by atoms with Gasteiger partial charge in [-0.05, 0) is 72.9 Å². The van der Waals surface area contributed by atoms with Gasteiger partial charge in [-0.3, -0.25) is 9.59 Å². The van der Waals surface area contributed by atoms with Crippen LogP contribution < -0.4 is 15.4 Å². The predicted molar refractivity (Wildman–Crippen MR) is 147 cm³/mol. The molecule has 0 bridgehead atoms. The molecule has 216 valence electrons. The number of pyridine rings is 2. The number of hydrogen-bond donors (Lipinski definition) is 3. The number of nitrogens with zero attached hydrogens (tertiary/aromatic N) is 4. The fraction of sp³-hybridized carbons (Fsp3) is 0.241. The first-order valence-electron chi connectivity index (χ1n) is 13.0. The number of hydrogen-bond acceptors (Lipinski definition) is 8. The number of halogens is 3. The molecular weight excluding hydrogens is 553 g/mol. The number of carbonyl (C=O) groups is 2. The molecule has 42 heavy (non-hydrogen) atoms. The van der Waals surface area contributed by atoms with Crippen LogP contribution in [0.1, 0.15) is 34.5 Å². The molecule has 5 rings (SSSR count). The zero-order valence-corrected chi connectivity index (χ0v) is 22.3. The van der Waals surface area contributed by atoms with Gasteiger partial charge < -0.3 is 20.5 Å². The summed E-state index contributed by atoms with van der Waals surface area (Å²) >= 11 is 0. The van der Waals surface area contributed by atoms with E-state index in [4.69, 9.17) is 4.74 Å². The number of anilines is 2. The highest BCUT2D eigenvalue weighted by Crippen LogP contribution is 2.34. The molecule has 3 heterocycles. The molecule has 3 N–H and O–H groups in total. The number of ether oxygens (including phenoxy) is 1. The van der Waals surface area contributed by atoms with Crippen LogP contribution >= 0.6 is 0 Å². The van der Waals surface area contributed by atoms with Crippen LogP contribution in [0.25, 0.3) is 22.4 Å². The Bertz CT molecular complexity index is 1640. The molecule has 0 radical (unpaired) electrons. The largest absolute Gasteiger partial charge is 0.475 e. The van der Waals surface area contributed by atoms with E-state index < -0.39 is 23.3 Å². The smallest absolute Gasteiger partial charge is 0.418 e. The van der Waals surface area contributed by atoms with Crippen molar-refractivity contribution in [3.8, 4) is 28.3 Å². The van der Waals surface area contributed by atoms with Gasteiger partial charge in [-0.15, -0.1) is 5.10 Å². The third kappa shape index (κ3) is 6.86. The number of rotatable bonds is 9. The molecule has 13 heteroatoms. The van der Waals surface area contributed by atoms with Gasteiger partial charge in [-0.2, -0.15) is 18.3 Å². The molecule has 3 aromatic heterocycles. The van der Waals surface area contributed by atoms with Crippen molar-refractivity contribution >= 4 is 23.3 Å². The monoisotopic (exact) mass is 578 g/mol. The lowest BCUT2D eigenvalue weighted by Gasteiger charge is -2.14. The summed E-state index contributed by atoms with van der Waals surface area (Å²) in [5.74, 6) is -0.327. The minimum atomic E-state index is -4.67. The van der Waals surface area contributed by atoms with Gasteiger partial charge >= 0.3 is 6.18 Å². The summed E-state index contributed by atoms with van der Waals surface area (Å²) in [6, 6.07) is 12.5. The Kier molecular flexibility index (Phi) is 8.11. The van der Waals surface area contributed by atoms with Gasteiger partial charge in [0.25, 0.3) is 5.91 Å². The van der Waals surface area contributed by atoms with Crippen molar-refractivity contribution in [2.24, 2.45) is 5.92 Å². The van der Waals surface area contributed by atoms with Crippen molar-refractivity contribution in [2.45, 2.75) is 25.9 Å². The van der Waals surface area contributed by atoms with E-state index in [1.807, 2.05) is 6.92 Å². The number of aliphatic hydroxyl groups excluding tert-OH is 1. The lowest BCUT2D eigenvalue weighted by atomic mass is 9.98. The lowest BCUT2D eigenvalue weighted by molar-refractivity contribution is -0.138. The van der Waals surface area contributed by atoms with E-state index in [1.54, 1.807) is 48.7 Å². The van der Waals surface area contributed by atoms with Gasteiger partial charge in [0.15, 0.2) is 5.69 Å². The highest BCUT2D eigenvalue weighted by atomic mass is 19.4. The van der Waals surface area contributed by atoms with Crippen molar-refractivity contribution in [1.82, 2.24) is 20.2 Å². The summed E-state index contributed by atoms with van der Waals surface area (Å²) in [5.41, 5.74) is 2.04. The van der Waals surface area contributed by atoms with Crippen LogP contribution in [0, 0.1) is 12.8 Å². The minimum absolute atomic E-state index is 0.00202. The molecule has 0 aliphatic heterocycles. The van der Waals surface area contributed by atoms with Crippen molar-refractivity contribution in [1.29, 1.82) is 0 Å². The number of benzene rings is 1. The van der Waals surface area contributed by atoms with Crippen LogP contribution in [-0.2, 0) is 11.0 Å². The lowest BCUT2D eigenvalue weighted by Crippen LogP contribution is -2.16. The van der Waals surface area contributed by atoms with Crippen molar-refractivity contribution in [3.05, 3.63) is 77.7 Å². The van der Waals surface area contributed by atoms with Gasteiger partial charge in [0.05, 0.1) is 24.1 Å². The SMILES string of the molecule is Cc1ccc(NC(=O)c2cc(C(F)(F)F)cnn2)cc1-c1cc(OCCO)nc(-c2ccnc(NC(=O)C3CC3)c2)c1. The van der Waals surface area contributed by atoms with E-state index in [-0.39, 0.29) is 30.9 Å². The molecule has 1 saturated carbocycles. The molecule has 2 amide bonds. The van der Waals surface area contributed by atoms with Gasteiger partial charge in [0.2, 0.25) is 11.8 Å². The molecule has 1 fully saturated rings. The van der Waals surface area contributed by atoms with Gasteiger partial charge in [0.1, 0.15) is 12.4 Å². The fourth-order valence-corrected chi connectivity index (χ4v) is 4.10. The third-order valence-corrected chi connectivity index (χ3v) is 6.42. The average Bonchev–Trinajstić information content (AvgIpc) is 3.83. The summed E-state index contributed by atoms with van der Waals surface area (Å²) in [6.45, 7) is 1.63. The van der Waals surface area contributed by atoms with Crippen LogP contribution in [0.3, 0.4) is 0 Å². The van der Waals surface area contributed by atoms with Crippen LogP contribution in [0.15, 0.2) is 60.9 Å². The highest BCUT2D eigenvalue weighted by molar-refractivity contribution is 6.03. The van der Waals surface area contributed by atoms with E-state index in [0.29, 0.717) is 46.2 Å². The Morgan fingerprint density at radius 2 is 1.86 bits per heavy atom. The summed E-state index contributed by atoms with van der Waals surface area (Å²) in [7, 11) is 0. The van der Waals surface area contributed by atoms with Crippen molar-refractivity contribution < 1.29 is 32.6 Å². The summed E-state index contributed by atoms with van der Waals surface area (Å²) < 4.78 is 44.8. The maximum absolute atomic E-state index is 13.1. The molecule has 0 spiro atoms. The van der Waals surface area contributed by atoms with Crippen LogP contribution in [0.2, 0.25) is 0 Å². The van der Waals surface area contributed by atoms with Gasteiger partial charge in [-0.25, -0.2) is 9.97 Å². The first-order valence-corrected chi connectivity index (χ1v) is 13.0. The second kappa shape index (κ2) is 11.9. The molecule has 10 nitrogen and oxygen atoms in total. The first kappa shape index (κ1) is 28.6. The first-order chi connectivity index (χ1) is 20.1. The highest BCUT2D eigenvalue weighted by Gasteiger charge is 2.32. The van der Waals surface area contributed by atoms with Crippen molar-refractivity contribution in [2.75, 3.05) is 23.8 Å². The number of nitrogens with one attached hydrogen (secondary N) is 2. The number of aromatic nitrogens is 4. The molecule has 1 aromatic carbocycles. The zero-order chi connectivity index (χ0) is 29.9. The molecule has 1 aliphatic rings. The molecule has 0 atom stereocenters. The van der Waals surface area contributed by atoms with Crippen molar-refractivity contribution in [3.63, 3.8) is 0 Å². The maximum Gasteiger partial charge on any atom is 0.418 e.